The van der Waals surface area contributed by atoms with Crippen LogP contribution in [0.15, 0.2) is 12.7 Å². The fraction of sp³-hybridized carbons (Fsp3) is 0.625. The van der Waals surface area contributed by atoms with Crippen LogP contribution in [0.2, 0.25) is 0 Å². The van der Waals surface area contributed by atoms with Crippen molar-refractivity contribution in [3.05, 3.63) is 12.7 Å². The predicted octanol–water partition coefficient (Wildman–Crippen LogP) is 0.625. The van der Waals surface area contributed by atoms with Crippen molar-refractivity contribution in [3.63, 3.8) is 0 Å². The first-order chi connectivity index (χ1) is 5.02. The Balaban J connectivity index is 2.86. The summed E-state index contributed by atoms with van der Waals surface area (Å²) in [5, 5.41) is 11.7. The lowest BCUT2D eigenvalue weighted by Crippen LogP contribution is -2.41. The molecule has 0 heterocycles. The van der Waals surface area contributed by atoms with Crippen molar-refractivity contribution in [2.24, 2.45) is 5.41 Å². The lowest BCUT2D eigenvalue weighted by Gasteiger charge is -2.14. The SMILES string of the molecule is C=C[C@]1(C)C[C@]1(NC)C(=O)O. The summed E-state index contributed by atoms with van der Waals surface area (Å²) in [5.74, 6) is -0.789. The molecule has 0 saturated heterocycles. The number of hydrogen-bond donors (Lipinski definition) is 2. The predicted molar refractivity (Wildman–Crippen MR) is 42.3 cm³/mol. The molecule has 1 rings (SSSR count). The molecule has 0 aromatic heterocycles. The highest BCUT2D eigenvalue weighted by molar-refractivity contribution is 5.85. The van der Waals surface area contributed by atoms with Crippen LogP contribution < -0.4 is 5.32 Å². The van der Waals surface area contributed by atoms with E-state index in [1.54, 1.807) is 13.1 Å². The quantitative estimate of drug-likeness (QED) is 0.587. The lowest BCUT2D eigenvalue weighted by atomic mass is 10.0. The van der Waals surface area contributed by atoms with Crippen molar-refractivity contribution in [1.29, 1.82) is 0 Å². The van der Waals surface area contributed by atoms with Gasteiger partial charge in [0.2, 0.25) is 0 Å². The van der Waals surface area contributed by atoms with Gasteiger partial charge in [-0.1, -0.05) is 13.0 Å². The van der Waals surface area contributed by atoms with Gasteiger partial charge in [-0.05, 0) is 13.5 Å². The average Bonchev–Trinajstić information content (AvgIpc) is 2.59. The van der Waals surface area contributed by atoms with E-state index in [2.05, 4.69) is 11.9 Å². The van der Waals surface area contributed by atoms with Crippen molar-refractivity contribution in [3.8, 4) is 0 Å². The Hall–Kier alpha value is -0.830. The maximum Gasteiger partial charge on any atom is 0.324 e. The summed E-state index contributed by atoms with van der Waals surface area (Å²) < 4.78 is 0. The first kappa shape index (κ1) is 8.27. The van der Waals surface area contributed by atoms with Crippen LogP contribution in [0.1, 0.15) is 13.3 Å². The van der Waals surface area contributed by atoms with Crippen LogP contribution in [0.5, 0.6) is 0 Å². The molecule has 1 aliphatic carbocycles. The smallest absolute Gasteiger partial charge is 0.324 e. The van der Waals surface area contributed by atoms with Gasteiger partial charge in [-0.2, -0.15) is 0 Å². The zero-order valence-corrected chi connectivity index (χ0v) is 6.85. The minimum atomic E-state index is -0.789. The highest BCUT2D eigenvalue weighted by Gasteiger charge is 2.67. The van der Waals surface area contributed by atoms with Crippen molar-refractivity contribution in [1.82, 2.24) is 5.32 Å². The zero-order chi connectivity index (χ0) is 8.70. The molecule has 0 radical (unpaired) electrons. The van der Waals surface area contributed by atoms with Gasteiger partial charge in [0.05, 0.1) is 0 Å². The molecule has 0 amide bonds. The van der Waals surface area contributed by atoms with Crippen LogP contribution in [-0.2, 0) is 4.79 Å². The van der Waals surface area contributed by atoms with E-state index in [-0.39, 0.29) is 5.41 Å². The van der Waals surface area contributed by atoms with E-state index in [0.29, 0.717) is 6.42 Å². The summed E-state index contributed by atoms with van der Waals surface area (Å²) in [6, 6.07) is 0. The molecule has 3 heteroatoms. The monoisotopic (exact) mass is 155 g/mol. The molecule has 2 N–H and O–H groups in total. The van der Waals surface area contributed by atoms with Gasteiger partial charge < -0.3 is 10.4 Å². The summed E-state index contributed by atoms with van der Waals surface area (Å²) in [7, 11) is 1.67. The number of carboxylic acid groups (broad SMARTS) is 1. The van der Waals surface area contributed by atoms with Crippen LogP contribution in [0, 0.1) is 5.41 Å². The van der Waals surface area contributed by atoms with Gasteiger partial charge in [0.25, 0.3) is 0 Å². The Morgan fingerprint density at radius 2 is 2.36 bits per heavy atom. The molecule has 1 aliphatic rings. The van der Waals surface area contributed by atoms with Gasteiger partial charge >= 0.3 is 5.97 Å². The molecule has 0 aromatic rings. The van der Waals surface area contributed by atoms with Crippen LogP contribution in [0.4, 0.5) is 0 Å². The largest absolute Gasteiger partial charge is 0.480 e. The second kappa shape index (κ2) is 2.08. The molecular formula is C8H13NO2. The summed E-state index contributed by atoms with van der Waals surface area (Å²) in [6.07, 6.45) is 2.34. The topological polar surface area (TPSA) is 49.3 Å². The number of nitrogens with one attached hydrogen (secondary N) is 1. The second-order valence-electron chi connectivity index (χ2n) is 3.26. The number of hydrogen-bond acceptors (Lipinski definition) is 2. The van der Waals surface area contributed by atoms with Crippen LogP contribution in [0.3, 0.4) is 0 Å². The molecular weight excluding hydrogens is 142 g/mol. The summed E-state index contributed by atoms with van der Waals surface area (Å²) >= 11 is 0. The van der Waals surface area contributed by atoms with E-state index in [9.17, 15) is 4.79 Å². The number of likely N-dealkylation sites (N-methyl/N-ethyl adjacent to an activating group) is 1. The molecule has 3 nitrogen and oxygen atoms in total. The highest BCUT2D eigenvalue weighted by Crippen LogP contribution is 2.56. The van der Waals surface area contributed by atoms with Gasteiger partial charge in [-0.3, -0.25) is 4.79 Å². The molecule has 0 spiro atoms. The maximum atomic E-state index is 10.8. The standard InChI is InChI=1S/C8H13NO2/c1-4-7(2)5-8(7,9-3)6(10)11/h4,9H,1,5H2,2-3H3,(H,10,11)/t7-,8+/m1/s1. The highest BCUT2D eigenvalue weighted by atomic mass is 16.4. The lowest BCUT2D eigenvalue weighted by molar-refractivity contribution is -0.141. The number of rotatable bonds is 3. The number of carboxylic acids is 1. The Morgan fingerprint density at radius 3 is 2.45 bits per heavy atom. The van der Waals surface area contributed by atoms with E-state index in [1.807, 2.05) is 6.92 Å². The average molecular weight is 155 g/mol. The Bertz CT molecular complexity index is 214. The molecule has 0 bridgehead atoms. The van der Waals surface area contributed by atoms with Crippen LogP contribution in [-0.4, -0.2) is 23.7 Å². The van der Waals surface area contributed by atoms with Gasteiger partial charge in [-0.25, -0.2) is 0 Å². The molecule has 0 aliphatic heterocycles. The molecule has 1 saturated carbocycles. The van der Waals surface area contributed by atoms with Gasteiger partial charge in [0.1, 0.15) is 5.54 Å². The summed E-state index contributed by atoms with van der Waals surface area (Å²) in [5.41, 5.74) is -1.03. The van der Waals surface area contributed by atoms with E-state index >= 15 is 0 Å². The van der Waals surface area contributed by atoms with Crippen molar-refractivity contribution in [2.45, 2.75) is 18.9 Å². The second-order valence-corrected chi connectivity index (χ2v) is 3.26. The zero-order valence-electron chi connectivity index (χ0n) is 6.85. The first-order valence-electron chi connectivity index (χ1n) is 3.58. The van der Waals surface area contributed by atoms with Crippen LogP contribution >= 0.6 is 0 Å². The fourth-order valence-electron chi connectivity index (χ4n) is 1.55. The van der Waals surface area contributed by atoms with Crippen LogP contribution in [0.25, 0.3) is 0 Å². The molecule has 1 fully saturated rings. The molecule has 2 atom stereocenters. The third-order valence-corrected chi connectivity index (χ3v) is 2.72. The Kier molecular flexibility index (Phi) is 1.56. The molecule has 11 heavy (non-hydrogen) atoms. The van der Waals surface area contributed by atoms with Crippen molar-refractivity contribution >= 4 is 5.97 Å². The summed E-state index contributed by atoms with van der Waals surface area (Å²) in [6.45, 7) is 5.51. The first-order valence-corrected chi connectivity index (χ1v) is 3.58. The molecule has 62 valence electrons. The Morgan fingerprint density at radius 1 is 1.82 bits per heavy atom. The number of carbonyl (C=O) groups is 1. The van der Waals surface area contributed by atoms with E-state index < -0.39 is 11.5 Å². The minimum absolute atomic E-state index is 0.270. The summed E-state index contributed by atoms with van der Waals surface area (Å²) in [4.78, 5) is 10.8. The van der Waals surface area contributed by atoms with Gasteiger partial charge in [0.15, 0.2) is 0 Å². The van der Waals surface area contributed by atoms with Crippen molar-refractivity contribution in [2.75, 3.05) is 7.05 Å². The Labute approximate surface area is 66.1 Å². The van der Waals surface area contributed by atoms with E-state index in [4.69, 9.17) is 5.11 Å². The molecule has 0 unspecified atom stereocenters. The fourth-order valence-corrected chi connectivity index (χ4v) is 1.55. The minimum Gasteiger partial charge on any atom is -0.480 e. The third-order valence-electron chi connectivity index (χ3n) is 2.72. The normalized spacial score (nSPS) is 41.6. The third kappa shape index (κ3) is 0.807. The maximum absolute atomic E-state index is 10.8. The van der Waals surface area contributed by atoms with Crippen molar-refractivity contribution < 1.29 is 9.90 Å². The van der Waals surface area contributed by atoms with E-state index in [0.717, 1.165) is 0 Å². The molecule has 0 aromatic carbocycles. The van der Waals surface area contributed by atoms with Gasteiger partial charge in [-0.15, -0.1) is 6.58 Å². The van der Waals surface area contributed by atoms with E-state index in [1.165, 1.54) is 0 Å². The van der Waals surface area contributed by atoms with Gasteiger partial charge in [0, 0.05) is 5.41 Å². The number of aliphatic carboxylic acids is 1.